The summed E-state index contributed by atoms with van der Waals surface area (Å²) in [5.41, 5.74) is -0.593. The lowest BCUT2D eigenvalue weighted by molar-refractivity contribution is -0.127. The number of imide groups is 1. The molecule has 0 aromatic carbocycles. The van der Waals surface area contributed by atoms with Gasteiger partial charge in [-0.1, -0.05) is 32.6 Å². The summed E-state index contributed by atoms with van der Waals surface area (Å²) in [6.45, 7) is 2.69. The average molecular weight is 306 g/mol. The Bertz CT molecular complexity index is 544. The maximum absolute atomic E-state index is 12.4. The standard InChI is InChI=1S/C16H22N2O2S/c1-2-12-7-8-13(21-12)11-18-15(20)17-14(19)16(18)9-5-3-4-6-10-16/h7-8H,2-6,9-11H2,1H3,(H,17,19,20). The predicted molar refractivity (Wildman–Crippen MR) is 83.2 cm³/mol. The fourth-order valence-corrected chi connectivity index (χ4v) is 4.43. The van der Waals surface area contributed by atoms with Crippen molar-refractivity contribution in [3.05, 3.63) is 21.9 Å². The number of hydrogen-bond acceptors (Lipinski definition) is 3. The average Bonchev–Trinajstić information content (AvgIpc) is 2.90. The van der Waals surface area contributed by atoms with E-state index in [4.69, 9.17) is 0 Å². The van der Waals surface area contributed by atoms with E-state index in [1.807, 2.05) is 0 Å². The highest BCUT2D eigenvalue weighted by molar-refractivity contribution is 7.11. The van der Waals surface area contributed by atoms with Crippen molar-refractivity contribution in [1.29, 1.82) is 0 Å². The van der Waals surface area contributed by atoms with Gasteiger partial charge < -0.3 is 4.90 Å². The monoisotopic (exact) mass is 306 g/mol. The molecule has 4 nitrogen and oxygen atoms in total. The van der Waals surface area contributed by atoms with Crippen LogP contribution in [0.2, 0.25) is 0 Å². The second kappa shape index (κ2) is 5.79. The van der Waals surface area contributed by atoms with E-state index in [1.165, 1.54) is 9.75 Å². The van der Waals surface area contributed by atoms with Gasteiger partial charge in [-0.15, -0.1) is 11.3 Å². The number of hydrogen-bond donors (Lipinski definition) is 1. The van der Waals surface area contributed by atoms with Crippen molar-refractivity contribution in [1.82, 2.24) is 10.2 Å². The van der Waals surface area contributed by atoms with Gasteiger partial charge >= 0.3 is 6.03 Å². The minimum atomic E-state index is -0.593. The first-order chi connectivity index (χ1) is 10.2. The fraction of sp³-hybridized carbons (Fsp3) is 0.625. The molecule has 2 aliphatic rings. The molecule has 21 heavy (non-hydrogen) atoms. The molecule has 0 unspecified atom stereocenters. The zero-order valence-corrected chi connectivity index (χ0v) is 13.3. The third-order valence-electron chi connectivity index (χ3n) is 4.72. The van der Waals surface area contributed by atoms with Gasteiger partial charge in [0, 0.05) is 9.75 Å². The van der Waals surface area contributed by atoms with E-state index in [0.29, 0.717) is 6.54 Å². The first kappa shape index (κ1) is 14.6. The molecular weight excluding hydrogens is 284 g/mol. The van der Waals surface area contributed by atoms with Crippen molar-refractivity contribution in [2.24, 2.45) is 0 Å². The molecule has 3 amide bonds. The van der Waals surface area contributed by atoms with E-state index < -0.39 is 5.54 Å². The summed E-state index contributed by atoms with van der Waals surface area (Å²) in [4.78, 5) is 28.9. The Morgan fingerprint density at radius 1 is 1.14 bits per heavy atom. The lowest BCUT2D eigenvalue weighted by atomic mass is 9.88. The van der Waals surface area contributed by atoms with Gasteiger partial charge in [0.25, 0.3) is 5.91 Å². The van der Waals surface area contributed by atoms with Crippen molar-refractivity contribution in [2.75, 3.05) is 0 Å². The van der Waals surface area contributed by atoms with Crippen LogP contribution in [0.5, 0.6) is 0 Å². The molecule has 0 bridgehead atoms. The predicted octanol–water partition coefficient (Wildman–Crippen LogP) is 3.46. The van der Waals surface area contributed by atoms with Crippen LogP contribution >= 0.6 is 11.3 Å². The van der Waals surface area contributed by atoms with E-state index in [9.17, 15) is 9.59 Å². The summed E-state index contributed by atoms with van der Waals surface area (Å²) in [6, 6.07) is 3.99. The third-order valence-corrected chi connectivity index (χ3v) is 5.93. The highest BCUT2D eigenvalue weighted by Crippen LogP contribution is 2.37. The number of aryl methyl sites for hydroxylation is 1. The van der Waals surface area contributed by atoms with Crippen LogP contribution in [0.15, 0.2) is 12.1 Å². The zero-order valence-electron chi connectivity index (χ0n) is 12.5. The van der Waals surface area contributed by atoms with Gasteiger partial charge in [0.15, 0.2) is 0 Å². The van der Waals surface area contributed by atoms with Crippen molar-refractivity contribution in [3.8, 4) is 0 Å². The highest BCUT2D eigenvalue weighted by Gasteiger charge is 2.52. The van der Waals surface area contributed by atoms with Crippen molar-refractivity contribution >= 4 is 23.3 Å². The molecule has 1 aliphatic carbocycles. The van der Waals surface area contributed by atoms with Gasteiger partial charge in [0.05, 0.1) is 6.54 Å². The molecule has 5 heteroatoms. The van der Waals surface area contributed by atoms with Gasteiger partial charge in [-0.25, -0.2) is 4.79 Å². The molecule has 1 aliphatic heterocycles. The minimum absolute atomic E-state index is 0.0818. The normalized spacial score (nSPS) is 21.7. The Morgan fingerprint density at radius 3 is 2.43 bits per heavy atom. The number of nitrogens with one attached hydrogen (secondary N) is 1. The number of rotatable bonds is 3. The molecule has 2 fully saturated rings. The zero-order chi connectivity index (χ0) is 14.9. The van der Waals surface area contributed by atoms with Crippen LogP contribution in [0.1, 0.15) is 55.2 Å². The largest absolute Gasteiger partial charge is 0.325 e. The van der Waals surface area contributed by atoms with Crippen LogP contribution in [0, 0.1) is 0 Å². The maximum atomic E-state index is 12.4. The second-order valence-corrected chi connectivity index (χ2v) is 7.27. The molecule has 1 spiro atoms. The van der Waals surface area contributed by atoms with E-state index in [-0.39, 0.29) is 11.9 Å². The Balaban J connectivity index is 1.86. The smallest absolute Gasteiger partial charge is 0.305 e. The summed E-state index contributed by atoms with van der Waals surface area (Å²) in [5, 5.41) is 2.55. The Hall–Kier alpha value is -1.36. The summed E-state index contributed by atoms with van der Waals surface area (Å²) < 4.78 is 0. The lowest BCUT2D eigenvalue weighted by Gasteiger charge is -2.34. The fourth-order valence-electron chi connectivity index (χ4n) is 3.48. The maximum Gasteiger partial charge on any atom is 0.325 e. The molecular formula is C16H22N2O2S. The van der Waals surface area contributed by atoms with Crippen LogP contribution in [0.25, 0.3) is 0 Å². The summed E-state index contributed by atoms with van der Waals surface area (Å²) in [6.07, 6.45) is 7.00. The van der Waals surface area contributed by atoms with E-state index in [2.05, 4.69) is 24.4 Å². The molecule has 1 saturated carbocycles. The van der Waals surface area contributed by atoms with Gasteiger partial charge in [-0.05, 0) is 31.4 Å². The van der Waals surface area contributed by atoms with E-state index >= 15 is 0 Å². The Kier molecular flexibility index (Phi) is 4.02. The van der Waals surface area contributed by atoms with Gasteiger partial charge in [-0.2, -0.15) is 0 Å². The molecule has 1 saturated heterocycles. The second-order valence-electron chi connectivity index (χ2n) is 6.01. The molecule has 1 aromatic rings. The number of carbonyl (C=O) groups excluding carboxylic acids is 2. The number of amides is 3. The molecule has 2 heterocycles. The van der Waals surface area contributed by atoms with Crippen LogP contribution in [0.4, 0.5) is 4.79 Å². The number of urea groups is 1. The van der Waals surface area contributed by atoms with Crippen LogP contribution < -0.4 is 5.32 Å². The Labute approximate surface area is 129 Å². The summed E-state index contributed by atoms with van der Waals surface area (Å²) in [5.74, 6) is -0.0818. The third kappa shape index (κ3) is 2.59. The number of nitrogens with zero attached hydrogens (tertiary/aromatic N) is 1. The molecule has 0 radical (unpaired) electrons. The molecule has 3 rings (SSSR count). The number of thiophene rings is 1. The molecule has 1 N–H and O–H groups in total. The summed E-state index contributed by atoms with van der Waals surface area (Å²) >= 11 is 1.74. The lowest BCUT2D eigenvalue weighted by Crippen LogP contribution is -2.48. The Morgan fingerprint density at radius 2 is 1.81 bits per heavy atom. The topological polar surface area (TPSA) is 49.4 Å². The van der Waals surface area contributed by atoms with Crippen molar-refractivity contribution < 1.29 is 9.59 Å². The molecule has 1 aromatic heterocycles. The quantitative estimate of drug-likeness (QED) is 0.870. The van der Waals surface area contributed by atoms with Crippen LogP contribution in [-0.4, -0.2) is 22.4 Å². The van der Waals surface area contributed by atoms with Crippen LogP contribution in [-0.2, 0) is 17.8 Å². The first-order valence-electron chi connectivity index (χ1n) is 7.86. The van der Waals surface area contributed by atoms with Gasteiger partial charge in [0.2, 0.25) is 0 Å². The molecule has 114 valence electrons. The van der Waals surface area contributed by atoms with Gasteiger partial charge in [-0.3, -0.25) is 10.1 Å². The van der Waals surface area contributed by atoms with E-state index in [1.54, 1.807) is 16.2 Å². The summed E-state index contributed by atoms with van der Waals surface area (Å²) in [7, 11) is 0. The minimum Gasteiger partial charge on any atom is -0.305 e. The van der Waals surface area contributed by atoms with Gasteiger partial charge in [0.1, 0.15) is 5.54 Å². The molecule has 0 atom stereocenters. The van der Waals surface area contributed by atoms with E-state index in [0.717, 1.165) is 44.9 Å². The van der Waals surface area contributed by atoms with Crippen molar-refractivity contribution in [3.63, 3.8) is 0 Å². The van der Waals surface area contributed by atoms with Crippen LogP contribution in [0.3, 0.4) is 0 Å². The highest BCUT2D eigenvalue weighted by atomic mass is 32.1. The first-order valence-corrected chi connectivity index (χ1v) is 8.68. The number of carbonyl (C=O) groups is 2. The SMILES string of the molecule is CCc1ccc(CN2C(=O)NC(=O)C23CCCCCC3)s1. The van der Waals surface area contributed by atoms with Crippen molar-refractivity contribution in [2.45, 2.75) is 64.0 Å².